The van der Waals surface area contributed by atoms with Crippen molar-refractivity contribution in [3.63, 3.8) is 0 Å². The Morgan fingerprint density at radius 1 is 1.18 bits per heavy atom. The van der Waals surface area contributed by atoms with Crippen LogP contribution < -0.4 is 15.8 Å². The van der Waals surface area contributed by atoms with E-state index in [4.69, 9.17) is 0 Å². The van der Waals surface area contributed by atoms with Crippen LogP contribution >= 0.6 is 27.3 Å². The summed E-state index contributed by atoms with van der Waals surface area (Å²) in [6, 6.07) is 11.1. The van der Waals surface area contributed by atoms with Crippen LogP contribution in [0.15, 0.2) is 46.3 Å². The molecular weight excluding hydrogens is 366 g/mol. The predicted octanol–water partition coefficient (Wildman–Crippen LogP) is 0.987. The van der Waals surface area contributed by atoms with Crippen LogP contribution in [0, 0.1) is 0 Å². The normalized spacial score (nSPS) is 11.7. The van der Waals surface area contributed by atoms with E-state index in [1.54, 1.807) is 29.5 Å². The summed E-state index contributed by atoms with van der Waals surface area (Å²) >= 11 is 4.97. The van der Waals surface area contributed by atoms with Gasteiger partial charge in [-0.05, 0) is 39.5 Å². The Bertz CT molecular complexity index is 646. The molecule has 0 saturated heterocycles. The van der Waals surface area contributed by atoms with E-state index in [1.165, 1.54) is 4.88 Å². The minimum atomic E-state index is -0.350. The first-order valence-electron chi connectivity index (χ1n) is 6.73. The van der Waals surface area contributed by atoms with E-state index in [2.05, 4.69) is 26.8 Å². The number of carbonyl (C=O) groups is 2. The summed E-state index contributed by atoms with van der Waals surface area (Å²) in [5, 5.41) is 2.01. The summed E-state index contributed by atoms with van der Waals surface area (Å²) in [5.74, 6) is -0.578. The number of benzene rings is 1. The van der Waals surface area contributed by atoms with E-state index in [-0.39, 0.29) is 18.4 Å². The van der Waals surface area contributed by atoms with Crippen LogP contribution in [0.3, 0.4) is 0 Å². The Balaban J connectivity index is 1.78. The maximum atomic E-state index is 12.0. The van der Waals surface area contributed by atoms with E-state index >= 15 is 0 Å². The maximum absolute atomic E-state index is 12.0. The van der Waals surface area contributed by atoms with Crippen molar-refractivity contribution in [1.29, 1.82) is 0 Å². The van der Waals surface area contributed by atoms with Crippen molar-refractivity contribution in [3.05, 3.63) is 56.7 Å². The highest BCUT2D eigenvalue weighted by molar-refractivity contribution is 9.10. The number of nitrogens with one attached hydrogen (secondary N) is 3. The van der Waals surface area contributed by atoms with Gasteiger partial charge in [0.15, 0.2) is 6.54 Å². The first-order chi connectivity index (χ1) is 10.6. The van der Waals surface area contributed by atoms with Crippen LogP contribution in [0.4, 0.5) is 0 Å². The molecule has 0 spiro atoms. The zero-order valence-electron chi connectivity index (χ0n) is 12.1. The van der Waals surface area contributed by atoms with E-state index in [0.717, 1.165) is 11.4 Å². The second kappa shape index (κ2) is 8.07. The minimum Gasteiger partial charge on any atom is -0.325 e. The fourth-order valence-corrected chi connectivity index (χ4v) is 3.21. The van der Waals surface area contributed by atoms with Gasteiger partial charge < -0.3 is 4.90 Å². The molecule has 1 unspecified atom stereocenters. The first kappa shape index (κ1) is 16.7. The Kier molecular flexibility index (Phi) is 6.11. The summed E-state index contributed by atoms with van der Waals surface area (Å²) in [5.41, 5.74) is 5.34. The number of hydrogen-bond donors (Lipinski definition) is 3. The van der Waals surface area contributed by atoms with Crippen LogP contribution in [0.1, 0.15) is 15.2 Å². The number of hydrazine groups is 1. The lowest BCUT2D eigenvalue weighted by atomic mass is 10.2. The van der Waals surface area contributed by atoms with Crippen molar-refractivity contribution < 1.29 is 14.5 Å². The molecule has 2 amide bonds. The topological polar surface area (TPSA) is 62.6 Å². The number of thiophene rings is 1. The van der Waals surface area contributed by atoms with Crippen LogP contribution in [0.5, 0.6) is 0 Å². The molecule has 1 aromatic heterocycles. The number of quaternary nitrogens is 1. The van der Waals surface area contributed by atoms with Gasteiger partial charge >= 0.3 is 0 Å². The fraction of sp³-hybridized carbons (Fsp3) is 0.200. The quantitative estimate of drug-likeness (QED) is 0.675. The molecule has 1 atom stereocenters. The number of likely N-dealkylation sites (N-methyl/N-ethyl adjacent to an activating group) is 1. The van der Waals surface area contributed by atoms with Crippen molar-refractivity contribution in [2.75, 3.05) is 13.6 Å². The largest absolute Gasteiger partial charge is 0.325 e. The lowest BCUT2D eigenvalue weighted by Crippen LogP contribution is -3.09. The zero-order chi connectivity index (χ0) is 15.9. The Labute approximate surface area is 141 Å². The molecule has 2 rings (SSSR count). The Morgan fingerprint density at radius 3 is 2.64 bits per heavy atom. The molecule has 5 nitrogen and oxygen atoms in total. The van der Waals surface area contributed by atoms with Gasteiger partial charge in [0.25, 0.3) is 11.8 Å². The molecular formula is C15H17BrN3O2S+. The second-order valence-electron chi connectivity index (χ2n) is 4.87. The van der Waals surface area contributed by atoms with Crippen LogP contribution in [-0.2, 0) is 11.3 Å². The van der Waals surface area contributed by atoms with E-state index < -0.39 is 0 Å². The molecule has 2 aromatic rings. The van der Waals surface area contributed by atoms with Gasteiger partial charge in [-0.2, -0.15) is 0 Å². The van der Waals surface area contributed by atoms with Gasteiger partial charge in [-0.1, -0.05) is 18.2 Å². The smallest absolute Gasteiger partial charge is 0.293 e. The molecule has 0 radical (unpaired) electrons. The highest BCUT2D eigenvalue weighted by atomic mass is 79.9. The molecule has 0 saturated carbocycles. The van der Waals surface area contributed by atoms with Gasteiger partial charge in [0.05, 0.1) is 17.5 Å². The molecule has 3 N–H and O–H groups in total. The van der Waals surface area contributed by atoms with Crippen molar-refractivity contribution in [2.45, 2.75) is 6.54 Å². The summed E-state index contributed by atoms with van der Waals surface area (Å²) < 4.78 is 0.683. The number of hydrogen-bond acceptors (Lipinski definition) is 3. The van der Waals surface area contributed by atoms with Gasteiger partial charge in [-0.25, -0.2) is 0 Å². The number of halogens is 1. The lowest BCUT2D eigenvalue weighted by molar-refractivity contribution is -0.885. The molecule has 0 fully saturated rings. The molecule has 0 aliphatic rings. The van der Waals surface area contributed by atoms with Gasteiger partial charge in [-0.15, -0.1) is 11.3 Å². The summed E-state index contributed by atoms with van der Waals surface area (Å²) in [6.07, 6.45) is 0. The molecule has 22 heavy (non-hydrogen) atoms. The van der Waals surface area contributed by atoms with E-state index in [9.17, 15) is 9.59 Å². The standard InChI is InChI=1S/C15H16BrN3O2S/c1-19(9-11-5-4-8-22-11)10-14(20)17-18-15(21)12-6-2-3-7-13(12)16/h2-8H,9-10H2,1H3,(H,17,20)(H,18,21)/p+1. The molecule has 1 heterocycles. The fourth-order valence-electron chi connectivity index (χ4n) is 1.93. The van der Waals surface area contributed by atoms with E-state index in [1.807, 2.05) is 30.6 Å². The molecule has 116 valence electrons. The second-order valence-corrected chi connectivity index (χ2v) is 6.76. The highest BCUT2D eigenvalue weighted by Crippen LogP contribution is 2.15. The molecule has 1 aromatic carbocycles. The minimum absolute atomic E-state index is 0.227. The molecule has 0 bridgehead atoms. The third-order valence-corrected chi connectivity index (χ3v) is 4.52. The van der Waals surface area contributed by atoms with Gasteiger partial charge in [-0.3, -0.25) is 20.4 Å². The number of amides is 2. The summed E-state index contributed by atoms with van der Waals surface area (Å²) in [6.45, 7) is 1.07. The SMILES string of the molecule is C[NH+](CC(=O)NNC(=O)c1ccccc1Br)Cc1cccs1. The lowest BCUT2D eigenvalue weighted by Gasteiger charge is -2.13. The monoisotopic (exact) mass is 382 g/mol. The zero-order valence-corrected chi connectivity index (χ0v) is 14.5. The number of rotatable bonds is 5. The summed E-state index contributed by atoms with van der Waals surface area (Å²) in [4.78, 5) is 26.1. The van der Waals surface area contributed by atoms with Crippen molar-refractivity contribution >= 4 is 39.1 Å². The highest BCUT2D eigenvalue weighted by Gasteiger charge is 2.13. The maximum Gasteiger partial charge on any atom is 0.293 e. The van der Waals surface area contributed by atoms with Crippen molar-refractivity contribution in [3.8, 4) is 0 Å². The molecule has 0 aliphatic heterocycles. The van der Waals surface area contributed by atoms with Gasteiger partial charge in [0, 0.05) is 4.47 Å². The average Bonchev–Trinajstić information content (AvgIpc) is 2.98. The molecule has 7 heteroatoms. The van der Waals surface area contributed by atoms with Crippen LogP contribution in [-0.4, -0.2) is 25.4 Å². The van der Waals surface area contributed by atoms with Gasteiger partial charge in [0.1, 0.15) is 6.54 Å². The third kappa shape index (κ3) is 4.94. The van der Waals surface area contributed by atoms with Gasteiger partial charge in [0.2, 0.25) is 0 Å². The number of carbonyl (C=O) groups excluding carboxylic acids is 2. The van der Waals surface area contributed by atoms with E-state index in [0.29, 0.717) is 10.0 Å². The van der Waals surface area contributed by atoms with Crippen LogP contribution in [0.2, 0.25) is 0 Å². The third-order valence-electron chi connectivity index (χ3n) is 2.95. The van der Waals surface area contributed by atoms with Crippen LogP contribution in [0.25, 0.3) is 0 Å². The average molecular weight is 383 g/mol. The summed E-state index contributed by atoms with van der Waals surface area (Å²) in [7, 11) is 1.94. The predicted molar refractivity (Wildman–Crippen MR) is 89.5 cm³/mol. The van der Waals surface area contributed by atoms with Crippen molar-refractivity contribution in [1.82, 2.24) is 10.9 Å². The molecule has 0 aliphatic carbocycles. The Morgan fingerprint density at radius 2 is 1.95 bits per heavy atom. The first-order valence-corrected chi connectivity index (χ1v) is 8.41. The Hall–Kier alpha value is -1.70. The van der Waals surface area contributed by atoms with Crippen molar-refractivity contribution in [2.24, 2.45) is 0 Å².